The molecule has 0 aliphatic heterocycles. The Bertz CT molecular complexity index is 1120. The number of benzene rings is 2. The summed E-state index contributed by atoms with van der Waals surface area (Å²) in [6.07, 6.45) is -1.02. The molecule has 32 heavy (non-hydrogen) atoms. The Hall–Kier alpha value is -3.79. The zero-order valence-corrected chi connectivity index (χ0v) is 17.2. The maximum Gasteiger partial charge on any atom is 0.417 e. The molecule has 3 rings (SSSR count). The van der Waals surface area contributed by atoms with E-state index in [1.165, 1.54) is 23.4 Å². The lowest BCUT2D eigenvalue weighted by molar-refractivity contribution is -0.137. The van der Waals surface area contributed by atoms with E-state index >= 15 is 0 Å². The highest BCUT2D eigenvalue weighted by Gasteiger charge is 2.33. The van der Waals surface area contributed by atoms with Crippen LogP contribution in [0.2, 0.25) is 5.02 Å². The molecule has 2 aromatic carbocycles. The average molecular weight is 465 g/mol. The van der Waals surface area contributed by atoms with Gasteiger partial charge in [-0.2, -0.15) is 13.2 Å². The Balaban J connectivity index is 1.62. The number of aromatic nitrogens is 1. The number of pyridine rings is 1. The number of hydrogen-bond acceptors (Lipinski definition) is 4. The van der Waals surface area contributed by atoms with Gasteiger partial charge in [-0.15, -0.1) is 0 Å². The average Bonchev–Trinajstić information content (AvgIpc) is 2.75. The van der Waals surface area contributed by atoms with Crippen molar-refractivity contribution in [2.75, 3.05) is 22.6 Å². The number of rotatable bonds is 6. The lowest BCUT2D eigenvalue weighted by atomic mass is 10.2. The van der Waals surface area contributed by atoms with Crippen LogP contribution in [-0.2, 0) is 11.0 Å². The predicted molar refractivity (Wildman–Crippen MR) is 114 cm³/mol. The maximum atomic E-state index is 12.9. The monoisotopic (exact) mass is 464 g/mol. The molecule has 0 unspecified atom stereocenters. The van der Waals surface area contributed by atoms with Crippen molar-refractivity contribution in [2.45, 2.75) is 6.18 Å². The fourth-order valence-corrected chi connectivity index (χ4v) is 2.80. The summed E-state index contributed by atoms with van der Waals surface area (Å²) >= 11 is 5.57. The number of halogens is 4. The molecule has 0 atom stereocenters. The zero-order chi connectivity index (χ0) is 23.3. The van der Waals surface area contributed by atoms with E-state index in [9.17, 15) is 22.8 Å². The number of nitrogens with one attached hydrogen (secondary N) is 2. The fraction of sp³-hybridized carbons (Fsp3) is 0.0952. The van der Waals surface area contributed by atoms with Crippen LogP contribution in [0.1, 0.15) is 5.56 Å². The van der Waals surface area contributed by atoms with Gasteiger partial charge < -0.3 is 20.3 Å². The molecule has 0 fully saturated rings. The lowest BCUT2D eigenvalue weighted by Crippen LogP contribution is -2.19. The molecule has 0 aliphatic carbocycles. The Morgan fingerprint density at radius 1 is 1.03 bits per heavy atom. The summed E-state index contributed by atoms with van der Waals surface area (Å²) in [7, 11) is 1.58. The normalized spacial score (nSPS) is 10.9. The second kappa shape index (κ2) is 9.56. The van der Waals surface area contributed by atoms with Gasteiger partial charge in [-0.3, -0.25) is 9.78 Å². The van der Waals surface area contributed by atoms with Gasteiger partial charge in [0.05, 0.1) is 28.7 Å². The minimum absolute atomic E-state index is 0.0631. The van der Waals surface area contributed by atoms with Crippen molar-refractivity contribution >= 4 is 41.1 Å². The molecular weight excluding hydrogens is 449 g/mol. The first kappa shape index (κ1) is 22.9. The van der Waals surface area contributed by atoms with E-state index in [2.05, 4.69) is 15.6 Å². The summed E-state index contributed by atoms with van der Waals surface area (Å²) in [6.45, 7) is 0. The number of alkyl halides is 3. The van der Waals surface area contributed by atoms with Crippen LogP contribution >= 0.6 is 11.6 Å². The standard InChI is InChI=1S/C21H16ClF3N4O3/c1-29(12-30)15-9-17(11-26-10-15)32-16-5-2-13(3-6-16)27-20(31)28-14-4-7-19(22)18(8-14)21(23,24)25/h2-12H,1H3,(H2,27,28,31). The smallest absolute Gasteiger partial charge is 0.417 e. The molecule has 0 spiro atoms. The van der Waals surface area contributed by atoms with Crippen LogP contribution < -0.4 is 20.3 Å². The van der Waals surface area contributed by atoms with Gasteiger partial charge in [0.25, 0.3) is 0 Å². The Kier molecular flexibility index (Phi) is 6.84. The van der Waals surface area contributed by atoms with E-state index in [-0.39, 0.29) is 5.69 Å². The summed E-state index contributed by atoms with van der Waals surface area (Å²) in [5.74, 6) is 0.842. The third-order valence-corrected chi connectivity index (χ3v) is 4.47. The third-order valence-electron chi connectivity index (χ3n) is 4.14. The minimum atomic E-state index is -4.64. The lowest BCUT2D eigenvalue weighted by Gasteiger charge is -2.13. The molecule has 0 aliphatic rings. The molecule has 3 aromatic rings. The van der Waals surface area contributed by atoms with Crippen LogP contribution in [0.5, 0.6) is 11.5 Å². The van der Waals surface area contributed by atoms with Crippen molar-refractivity contribution in [1.82, 2.24) is 4.98 Å². The van der Waals surface area contributed by atoms with Crippen molar-refractivity contribution in [2.24, 2.45) is 0 Å². The first-order valence-electron chi connectivity index (χ1n) is 9.01. The molecule has 1 heterocycles. The van der Waals surface area contributed by atoms with Crippen molar-refractivity contribution in [3.05, 3.63) is 71.5 Å². The van der Waals surface area contributed by atoms with Crippen LogP contribution in [0.4, 0.5) is 35.0 Å². The SMILES string of the molecule is CN(C=O)c1cncc(Oc2ccc(NC(=O)Nc3ccc(Cl)c(C(F)(F)F)c3)cc2)c1. The number of ether oxygens (including phenoxy) is 1. The van der Waals surface area contributed by atoms with Gasteiger partial charge in [0, 0.05) is 24.5 Å². The van der Waals surface area contributed by atoms with Crippen molar-refractivity contribution < 1.29 is 27.5 Å². The summed E-state index contributed by atoms with van der Waals surface area (Å²) in [6, 6.07) is 10.2. The van der Waals surface area contributed by atoms with Gasteiger partial charge in [0.1, 0.15) is 11.5 Å². The second-order valence-electron chi connectivity index (χ2n) is 6.49. The molecular formula is C21H16ClF3N4O3. The largest absolute Gasteiger partial charge is 0.456 e. The number of hydrogen-bond donors (Lipinski definition) is 2. The van der Waals surface area contributed by atoms with E-state index in [4.69, 9.17) is 16.3 Å². The molecule has 0 bridgehead atoms. The van der Waals surface area contributed by atoms with Crippen molar-refractivity contribution in [3.63, 3.8) is 0 Å². The number of carbonyl (C=O) groups is 2. The van der Waals surface area contributed by atoms with E-state index in [0.717, 1.165) is 12.1 Å². The number of anilines is 3. The molecule has 7 nitrogen and oxygen atoms in total. The maximum absolute atomic E-state index is 12.9. The molecule has 166 valence electrons. The molecule has 0 saturated carbocycles. The van der Waals surface area contributed by atoms with Gasteiger partial charge >= 0.3 is 12.2 Å². The minimum Gasteiger partial charge on any atom is -0.456 e. The third kappa shape index (κ3) is 5.88. The topological polar surface area (TPSA) is 83.6 Å². The van der Waals surface area contributed by atoms with Crippen LogP contribution in [-0.4, -0.2) is 24.5 Å². The highest BCUT2D eigenvalue weighted by molar-refractivity contribution is 6.31. The quantitative estimate of drug-likeness (QED) is 0.453. The molecule has 1 aromatic heterocycles. The van der Waals surface area contributed by atoms with Crippen molar-refractivity contribution in [1.29, 1.82) is 0 Å². The van der Waals surface area contributed by atoms with Crippen LogP contribution in [0.25, 0.3) is 0 Å². The van der Waals surface area contributed by atoms with E-state index in [0.29, 0.717) is 29.3 Å². The van der Waals surface area contributed by atoms with Gasteiger partial charge in [-0.25, -0.2) is 4.79 Å². The number of nitrogens with zero attached hydrogens (tertiary/aromatic N) is 2. The van der Waals surface area contributed by atoms with Crippen molar-refractivity contribution in [3.8, 4) is 11.5 Å². The van der Waals surface area contributed by atoms with E-state index < -0.39 is 22.8 Å². The first-order chi connectivity index (χ1) is 15.2. The Labute approximate surface area is 185 Å². The molecule has 11 heteroatoms. The van der Waals surface area contributed by atoms with E-state index in [1.54, 1.807) is 37.4 Å². The molecule has 3 amide bonds. The number of urea groups is 1. The van der Waals surface area contributed by atoms with E-state index in [1.807, 2.05) is 0 Å². The molecule has 0 radical (unpaired) electrons. The summed E-state index contributed by atoms with van der Waals surface area (Å²) in [5.41, 5.74) is -0.182. The zero-order valence-electron chi connectivity index (χ0n) is 16.5. The highest BCUT2D eigenvalue weighted by Crippen LogP contribution is 2.36. The molecule has 2 N–H and O–H groups in total. The molecule has 0 saturated heterocycles. The summed E-state index contributed by atoms with van der Waals surface area (Å²) in [4.78, 5) is 28.3. The van der Waals surface area contributed by atoms with Crippen LogP contribution in [0, 0.1) is 0 Å². The summed E-state index contributed by atoms with van der Waals surface area (Å²) in [5, 5.41) is 4.37. The number of amides is 3. The van der Waals surface area contributed by atoms with Gasteiger partial charge in [0.15, 0.2) is 0 Å². The van der Waals surface area contributed by atoms with Gasteiger partial charge in [-0.1, -0.05) is 11.6 Å². The van der Waals surface area contributed by atoms with Gasteiger partial charge in [0.2, 0.25) is 6.41 Å². The van der Waals surface area contributed by atoms with Gasteiger partial charge in [-0.05, 0) is 42.5 Å². The first-order valence-corrected chi connectivity index (χ1v) is 9.39. The highest BCUT2D eigenvalue weighted by atomic mass is 35.5. The number of carbonyl (C=O) groups excluding carboxylic acids is 2. The van der Waals surface area contributed by atoms with Crippen LogP contribution in [0.3, 0.4) is 0 Å². The van der Waals surface area contributed by atoms with Crippen LogP contribution in [0.15, 0.2) is 60.9 Å². The predicted octanol–water partition coefficient (Wildman–Crippen LogP) is 5.78. The Morgan fingerprint density at radius 3 is 2.34 bits per heavy atom. The fourth-order valence-electron chi connectivity index (χ4n) is 2.57. The second-order valence-corrected chi connectivity index (χ2v) is 6.90. The Morgan fingerprint density at radius 2 is 1.69 bits per heavy atom. The summed E-state index contributed by atoms with van der Waals surface area (Å²) < 4.78 is 44.5.